The SMILES string of the molecule is CC(C)NC(=N)C1(C[C@@H](C)NCC(=O)N2C(C#N)C[C@@H]3C[C@@H]32)c2ccc(C(N)=O)cc2CCc2cc(C(N)=O)ccc21. The molecule has 3 amide bonds. The van der Waals surface area contributed by atoms with Crippen LogP contribution in [0.25, 0.3) is 0 Å². The molecular formula is C32H39N7O3. The molecule has 4 atom stereocenters. The summed E-state index contributed by atoms with van der Waals surface area (Å²) in [6, 6.07) is 12.6. The van der Waals surface area contributed by atoms with Crippen molar-refractivity contribution in [3.8, 4) is 6.07 Å². The highest BCUT2D eigenvalue weighted by molar-refractivity contribution is 5.98. The van der Waals surface area contributed by atoms with Gasteiger partial charge in [0, 0.05) is 29.3 Å². The fourth-order valence-corrected chi connectivity index (χ4v) is 6.97. The second kappa shape index (κ2) is 11.2. The van der Waals surface area contributed by atoms with E-state index in [9.17, 15) is 25.1 Å². The number of amidine groups is 1. The number of amides is 3. The summed E-state index contributed by atoms with van der Waals surface area (Å²) in [5, 5.41) is 25.8. The average Bonchev–Trinajstić information content (AvgIpc) is 3.64. The first-order valence-electron chi connectivity index (χ1n) is 14.6. The summed E-state index contributed by atoms with van der Waals surface area (Å²) in [6.07, 6.45) is 3.29. The fourth-order valence-electron chi connectivity index (χ4n) is 6.97. The first-order valence-corrected chi connectivity index (χ1v) is 14.6. The van der Waals surface area contributed by atoms with Gasteiger partial charge in [-0.1, -0.05) is 12.1 Å². The lowest BCUT2D eigenvalue weighted by atomic mass is 9.67. The predicted molar refractivity (Wildman–Crippen MR) is 159 cm³/mol. The number of nitrogens with one attached hydrogen (secondary N) is 3. The van der Waals surface area contributed by atoms with E-state index in [4.69, 9.17) is 11.5 Å². The average molecular weight is 570 g/mol. The van der Waals surface area contributed by atoms with Gasteiger partial charge in [0.2, 0.25) is 17.7 Å². The van der Waals surface area contributed by atoms with E-state index in [2.05, 4.69) is 16.7 Å². The number of primary amides is 2. The number of piperidine rings is 1. The van der Waals surface area contributed by atoms with Gasteiger partial charge in [0.1, 0.15) is 11.9 Å². The van der Waals surface area contributed by atoms with Crippen LogP contribution < -0.4 is 22.1 Å². The third kappa shape index (κ3) is 5.25. The van der Waals surface area contributed by atoms with E-state index in [0.717, 1.165) is 35.1 Å². The summed E-state index contributed by atoms with van der Waals surface area (Å²) in [5.41, 5.74) is 14.6. The summed E-state index contributed by atoms with van der Waals surface area (Å²) >= 11 is 0. The van der Waals surface area contributed by atoms with Crippen molar-refractivity contribution >= 4 is 23.6 Å². The molecule has 0 aromatic heterocycles. The van der Waals surface area contributed by atoms with Crippen LogP contribution in [0.15, 0.2) is 36.4 Å². The molecule has 2 fully saturated rings. The minimum atomic E-state index is -0.988. The Bertz CT molecular complexity index is 1430. The Hall–Kier alpha value is -4.23. The van der Waals surface area contributed by atoms with Crippen LogP contribution in [0.5, 0.6) is 0 Å². The van der Waals surface area contributed by atoms with E-state index in [1.807, 2.05) is 32.9 Å². The Morgan fingerprint density at radius 3 is 2.10 bits per heavy atom. The minimum Gasteiger partial charge on any atom is -0.371 e. The minimum absolute atomic E-state index is 0.0336. The van der Waals surface area contributed by atoms with Crippen molar-refractivity contribution in [3.05, 3.63) is 69.8 Å². The quantitative estimate of drug-likeness (QED) is 0.228. The van der Waals surface area contributed by atoms with Gasteiger partial charge >= 0.3 is 0 Å². The number of benzene rings is 2. The molecule has 2 aliphatic carbocycles. The molecule has 0 radical (unpaired) electrons. The molecule has 2 aromatic rings. The van der Waals surface area contributed by atoms with Gasteiger partial charge in [0.05, 0.1) is 18.0 Å². The number of aryl methyl sites for hydroxylation is 2. The summed E-state index contributed by atoms with van der Waals surface area (Å²) < 4.78 is 0. The van der Waals surface area contributed by atoms with Crippen molar-refractivity contribution in [2.24, 2.45) is 17.4 Å². The van der Waals surface area contributed by atoms with Crippen LogP contribution in [0.4, 0.5) is 0 Å². The standard InChI is InChI=1S/C32H39N7O3/c1-17(2)38-31(36)32(14-18(3)37-16-28(40)39-24(15-33)12-23-13-27(23)39)25-8-6-21(29(34)41)10-19(25)4-5-20-11-22(30(35)42)7-9-26(20)32/h6-11,17-18,23-24,27,37H,4-5,12-14,16H2,1-3H3,(H2,34,41)(H2,35,42)(H2,36,38)/t18-,23-,24?,27+/m1/s1. The Kier molecular flexibility index (Phi) is 7.82. The molecular weight excluding hydrogens is 530 g/mol. The zero-order valence-electron chi connectivity index (χ0n) is 24.4. The molecule has 220 valence electrons. The van der Waals surface area contributed by atoms with Gasteiger partial charge in [0.25, 0.3) is 0 Å². The summed E-state index contributed by atoms with van der Waals surface area (Å²) in [5.74, 6) is -0.412. The molecule has 1 saturated heterocycles. The molecule has 3 aliphatic rings. The zero-order chi connectivity index (χ0) is 30.3. The first-order chi connectivity index (χ1) is 20.0. The van der Waals surface area contributed by atoms with Gasteiger partial charge in [-0.3, -0.25) is 19.8 Å². The highest BCUT2D eigenvalue weighted by Crippen LogP contribution is 2.48. The topological polar surface area (TPSA) is 178 Å². The lowest BCUT2D eigenvalue weighted by Gasteiger charge is -2.40. The van der Waals surface area contributed by atoms with Gasteiger partial charge < -0.3 is 27.0 Å². The molecule has 2 aromatic carbocycles. The Morgan fingerprint density at radius 2 is 1.60 bits per heavy atom. The Morgan fingerprint density at radius 1 is 1.02 bits per heavy atom. The molecule has 1 aliphatic heterocycles. The fraction of sp³-hybridized carbons (Fsp3) is 0.469. The van der Waals surface area contributed by atoms with Crippen molar-refractivity contribution in [1.29, 1.82) is 10.7 Å². The van der Waals surface area contributed by atoms with Crippen LogP contribution in [-0.4, -0.2) is 59.2 Å². The van der Waals surface area contributed by atoms with Crippen molar-refractivity contribution in [2.45, 2.75) is 82.5 Å². The lowest BCUT2D eigenvalue weighted by Crippen LogP contribution is -2.52. The van der Waals surface area contributed by atoms with Crippen molar-refractivity contribution < 1.29 is 14.4 Å². The van der Waals surface area contributed by atoms with Crippen LogP contribution in [-0.2, 0) is 23.1 Å². The number of hydrogen-bond acceptors (Lipinski definition) is 6. The summed E-state index contributed by atoms with van der Waals surface area (Å²) in [4.78, 5) is 39.2. The maximum Gasteiger partial charge on any atom is 0.248 e. The Labute approximate surface area is 246 Å². The molecule has 1 unspecified atom stereocenters. The lowest BCUT2D eigenvalue weighted by molar-refractivity contribution is -0.131. The smallest absolute Gasteiger partial charge is 0.248 e. The maximum absolute atomic E-state index is 13.2. The second-order valence-corrected chi connectivity index (χ2v) is 12.3. The third-order valence-corrected chi connectivity index (χ3v) is 8.98. The van der Waals surface area contributed by atoms with E-state index >= 15 is 0 Å². The highest BCUT2D eigenvalue weighted by atomic mass is 16.2. The summed E-state index contributed by atoms with van der Waals surface area (Å²) in [7, 11) is 0. The molecule has 10 nitrogen and oxygen atoms in total. The highest BCUT2D eigenvalue weighted by Gasteiger charge is 2.54. The molecule has 42 heavy (non-hydrogen) atoms. The van der Waals surface area contributed by atoms with Crippen LogP contribution in [0.1, 0.15) is 83.0 Å². The Balaban J connectivity index is 1.56. The molecule has 0 spiro atoms. The number of carbonyl (C=O) groups excluding carboxylic acids is 3. The number of fused-ring (bicyclic) bond motifs is 3. The van der Waals surface area contributed by atoms with Crippen molar-refractivity contribution in [1.82, 2.24) is 15.5 Å². The van der Waals surface area contributed by atoms with Gasteiger partial charge in [-0.05, 0) is 105 Å². The van der Waals surface area contributed by atoms with Gasteiger partial charge in [-0.15, -0.1) is 0 Å². The number of rotatable bonds is 9. The monoisotopic (exact) mass is 569 g/mol. The van der Waals surface area contributed by atoms with Crippen LogP contribution >= 0.6 is 0 Å². The number of likely N-dealkylation sites (tertiary alicyclic amines) is 1. The van der Waals surface area contributed by atoms with E-state index in [1.54, 1.807) is 29.2 Å². The maximum atomic E-state index is 13.2. The largest absolute Gasteiger partial charge is 0.371 e. The molecule has 10 heteroatoms. The van der Waals surface area contributed by atoms with Crippen LogP contribution in [0.3, 0.4) is 0 Å². The molecule has 5 rings (SSSR count). The van der Waals surface area contributed by atoms with E-state index in [0.29, 0.717) is 36.3 Å². The second-order valence-electron chi connectivity index (χ2n) is 12.3. The van der Waals surface area contributed by atoms with Gasteiger partial charge in [0.15, 0.2) is 0 Å². The van der Waals surface area contributed by atoms with Crippen LogP contribution in [0, 0.1) is 22.7 Å². The number of nitrogens with zero attached hydrogens (tertiary/aromatic N) is 2. The number of nitrogens with two attached hydrogens (primary N) is 2. The zero-order valence-corrected chi connectivity index (χ0v) is 24.4. The first kappa shape index (κ1) is 29.3. The molecule has 1 heterocycles. The molecule has 1 saturated carbocycles. The summed E-state index contributed by atoms with van der Waals surface area (Å²) in [6.45, 7) is 6.02. The van der Waals surface area contributed by atoms with Crippen LogP contribution in [0.2, 0.25) is 0 Å². The predicted octanol–water partition coefficient (Wildman–Crippen LogP) is 2.13. The normalized spacial score (nSPS) is 22.2. The van der Waals surface area contributed by atoms with Crippen molar-refractivity contribution in [3.63, 3.8) is 0 Å². The third-order valence-electron chi connectivity index (χ3n) is 8.98. The number of hydrogen-bond donors (Lipinski definition) is 5. The van der Waals surface area contributed by atoms with Gasteiger partial charge in [-0.25, -0.2) is 0 Å². The number of nitriles is 1. The molecule has 7 N–H and O–H groups in total. The van der Waals surface area contributed by atoms with Crippen molar-refractivity contribution in [2.75, 3.05) is 6.54 Å². The van der Waals surface area contributed by atoms with E-state index in [1.165, 1.54) is 0 Å². The number of carbonyl (C=O) groups is 3. The van der Waals surface area contributed by atoms with Gasteiger partial charge in [-0.2, -0.15) is 5.26 Å². The van der Waals surface area contributed by atoms with E-state index in [-0.39, 0.29) is 42.5 Å². The molecule has 0 bridgehead atoms. The van der Waals surface area contributed by atoms with E-state index < -0.39 is 17.2 Å².